The van der Waals surface area contributed by atoms with Gasteiger partial charge in [0.05, 0.1) is 19.3 Å². The summed E-state index contributed by atoms with van der Waals surface area (Å²) >= 11 is 6.69. The number of carbonyl (C=O) groups excluding carboxylic acids is 1. The highest BCUT2D eigenvalue weighted by Crippen LogP contribution is 2.43. The van der Waals surface area contributed by atoms with Crippen LogP contribution in [0.3, 0.4) is 0 Å². The molecular formula is C27H36ClN3O5. The molecule has 1 aromatic heterocycles. The fraction of sp³-hybridized carbons (Fsp3) is 0.556. The third kappa shape index (κ3) is 5.74. The van der Waals surface area contributed by atoms with E-state index < -0.39 is 17.8 Å². The quantitative estimate of drug-likeness (QED) is 0.438. The third-order valence-electron chi connectivity index (χ3n) is 7.42. The molecule has 1 aromatic carbocycles. The number of carbonyl (C=O) groups is 1. The van der Waals surface area contributed by atoms with E-state index in [1.807, 2.05) is 24.3 Å². The number of aliphatic hydroxyl groups excluding tert-OH is 1. The molecule has 0 spiro atoms. The Labute approximate surface area is 217 Å². The molecule has 1 saturated carbocycles. The highest BCUT2D eigenvalue weighted by atomic mass is 35.5. The summed E-state index contributed by atoms with van der Waals surface area (Å²) in [6.45, 7) is 1.56. The second-order valence-electron chi connectivity index (χ2n) is 9.82. The molecule has 0 radical (unpaired) electrons. The van der Waals surface area contributed by atoms with Crippen molar-refractivity contribution in [2.45, 2.75) is 56.0 Å². The Morgan fingerprint density at radius 3 is 2.83 bits per heavy atom. The van der Waals surface area contributed by atoms with E-state index in [0.717, 1.165) is 12.0 Å². The van der Waals surface area contributed by atoms with Gasteiger partial charge in [-0.15, -0.1) is 0 Å². The average Bonchev–Trinajstić information content (AvgIpc) is 3.24. The Balaban J connectivity index is 1.66. The maximum absolute atomic E-state index is 13.3. The van der Waals surface area contributed by atoms with E-state index >= 15 is 0 Å². The number of methoxy groups -OCH3 is 1. The van der Waals surface area contributed by atoms with Gasteiger partial charge in [0.2, 0.25) is 5.91 Å². The van der Waals surface area contributed by atoms with Gasteiger partial charge < -0.3 is 30.3 Å². The summed E-state index contributed by atoms with van der Waals surface area (Å²) in [5, 5.41) is 22.9. The van der Waals surface area contributed by atoms with E-state index in [9.17, 15) is 15.0 Å². The summed E-state index contributed by atoms with van der Waals surface area (Å²) in [6, 6.07) is 8.85. The SMILES string of the molecule is COCCCC[C@@](O)(c1cccc(Cl)c1-c1cccnc1)[C@H]1CN(C(=O)[C@H]2C[C@@H](N)[C@@H](O)C2)CCO1. The molecule has 8 nitrogen and oxygen atoms in total. The molecule has 5 atom stereocenters. The van der Waals surface area contributed by atoms with Gasteiger partial charge in [-0.1, -0.05) is 29.8 Å². The van der Waals surface area contributed by atoms with Crippen molar-refractivity contribution in [3.8, 4) is 11.1 Å². The van der Waals surface area contributed by atoms with Gasteiger partial charge in [0.1, 0.15) is 11.7 Å². The molecular weight excluding hydrogens is 482 g/mol. The lowest BCUT2D eigenvalue weighted by Crippen LogP contribution is -2.55. The number of rotatable bonds is 9. The number of morpholine rings is 1. The van der Waals surface area contributed by atoms with Crippen LogP contribution in [0.25, 0.3) is 11.1 Å². The van der Waals surface area contributed by atoms with Gasteiger partial charge in [-0.25, -0.2) is 0 Å². The smallest absolute Gasteiger partial charge is 0.226 e. The first kappa shape index (κ1) is 27.0. The van der Waals surface area contributed by atoms with Crippen LogP contribution in [0.1, 0.15) is 37.7 Å². The summed E-state index contributed by atoms with van der Waals surface area (Å²) in [5.74, 6) is -0.365. The van der Waals surface area contributed by atoms with Crippen molar-refractivity contribution in [2.24, 2.45) is 11.7 Å². The maximum atomic E-state index is 13.3. The molecule has 1 amide bonds. The Bertz CT molecular complexity index is 1020. The highest BCUT2D eigenvalue weighted by molar-refractivity contribution is 6.33. The summed E-state index contributed by atoms with van der Waals surface area (Å²) < 4.78 is 11.4. The largest absolute Gasteiger partial charge is 0.391 e. The molecule has 36 heavy (non-hydrogen) atoms. The monoisotopic (exact) mass is 517 g/mol. The fourth-order valence-electron chi connectivity index (χ4n) is 5.45. The van der Waals surface area contributed by atoms with Crippen molar-refractivity contribution in [1.29, 1.82) is 0 Å². The third-order valence-corrected chi connectivity index (χ3v) is 7.74. The molecule has 0 bridgehead atoms. The molecule has 2 fully saturated rings. The topological polar surface area (TPSA) is 118 Å². The average molecular weight is 518 g/mol. The first-order chi connectivity index (χ1) is 17.3. The number of unbranched alkanes of at least 4 members (excludes halogenated alkanes) is 1. The van der Waals surface area contributed by atoms with Crippen molar-refractivity contribution in [1.82, 2.24) is 9.88 Å². The second kappa shape index (κ2) is 12.0. The van der Waals surface area contributed by atoms with E-state index in [0.29, 0.717) is 61.6 Å². The Kier molecular flexibility index (Phi) is 8.98. The zero-order valence-electron chi connectivity index (χ0n) is 20.7. The molecule has 2 aliphatic rings. The van der Waals surface area contributed by atoms with E-state index in [-0.39, 0.29) is 24.4 Å². The van der Waals surface area contributed by atoms with Gasteiger partial charge in [-0.2, -0.15) is 0 Å². The molecule has 9 heteroatoms. The van der Waals surface area contributed by atoms with E-state index in [1.165, 1.54) is 0 Å². The van der Waals surface area contributed by atoms with Crippen molar-refractivity contribution >= 4 is 17.5 Å². The van der Waals surface area contributed by atoms with Crippen LogP contribution in [-0.4, -0.2) is 77.7 Å². The van der Waals surface area contributed by atoms with Crippen LogP contribution in [0.15, 0.2) is 42.7 Å². The number of amides is 1. The number of halogens is 1. The van der Waals surface area contributed by atoms with Gasteiger partial charge in [0, 0.05) is 60.8 Å². The zero-order chi connectivity index (χ0) is 25.7. The molecule has 1 saturated heterocycles. The van der Waals surface area contributed by atoms with Crippen LogP contribution < -0.4 is 5.73 Å². The number of hydrogen-bond acceptors (Lipinski definition) is 7. The fourth-order valence-corrected chi connectivity index (χ4v) is 5.73. The van der Waals surface area contributed by atoms with Crippen LogP contribution in [0, 0.1) is 5.92 Å². The number of nitrogens with zero attached hydrogens (tertiary/aromatic N) is 2. The Morgan fingerprint density at radius 2 is 2.14 bits per heavy atom. The minimum Gasteiger partial charge on any atom is -0.391 e. The van der Waals surface area contributed by atoms with Crippen LogP contribution in [0.2, 0.25) is 5.02 Å². The molecule has 4 N–H and O–H groups in total. The van der Waals surface area contributed by atoms with Crippen molar-refractivity contribution in [3.63, 3.8) is 0 Å². The van der Waals surface area contributed by atoms with Crippen molar-refractivity contribution < 1.29 is 24.5 Å². The van der Waals surface area contributed by atoms with Crippen LogP contribution in [0.5, 0.6) is 0 Å². The molecule has 4 rings (SSSR count). The first-order valence-corrected chi connectivity index (χ1v) is 13.0. The number of pyridine rings is 1. The number of ether oxygens (including phenoxy) is 2. The van der Waals surface area contributed by atoms with Crippen LogP contribution in [-0.2, 0) is 19.9 Å². The van der Waals surface area contributed by atoms with Crippen molar-refractivity contribution in [3.05, 3.63) is 53.3 Å². The molecule has 2 aromatic rings. The van der Waals surface area contributed by atoms with Gasteiger partial charge in [-0.3, -0.25) is 9.78 Å². The molecule has 1 aliphatic heterocycles. The highest BCUT2D eigenvalue weighted by Gasteiger charge is 2.45. The maximum Gasteiger partial charge on any atom is 0.226 e. The van der Waals surface area contributed by atoms with E-state index in [2.05, 4.69) is 4.98 Å². The molecule has 2 heterocycles. The van der Waals surface area contributed by atoms with Gasteiger partial charge in [-0.05, 0) is 49.8 Å². The van der Waals surface area contributed by atoms with Crippen LogP contribution in [0.4, 0.5) is 0 Å². The Hall–Kier alpha value is -2.07. The Morgan fingerprint density at radius 1 is 1.31 bits per heavy atom. The molecule has 0 unspecified atom stereocenters. The number of benzene rings is 1. The standard InChI is InChI=1S/C27H36ClN3O5/c1-35-12-3-2-9-27(34,20-7-4-8-21(28)25(20)18-6-5-10-30-16-18)24-17-31(11-13-36-24)26(33)19-14-22(29)23(32)15-19/h4-8,10,16,19,22-24,32,34H,2-3,9,11-15,17,29H2,1H3/t19-,22+,23-,24+,27+/m0/s1. The van der Waals surface area contributed by atoms with Gasteiger partial charge in [0.25, 0.3) is 0 Å². The number of nitrogens with two attached hydrogens (primary N) is 1. The van der Waals surface area contributed by atoms with E-state index in [4.69, 9.17) is 26.8 Å². The van der Waals surface area contributed by atoms with Gasteiger partial charge >= 0.3 is 0 Å². The van der Waals surface area contributed by atoms with Crippen LogP contribution >= 0.6 is 11.6 Å². The van der Waals surface area contributed by atoms with Crippen molar-refractivity contribution in [2.75, 3.05) is 33.4 Å². The number of aliphatic hydroxyl groups is 2. The lowest BCUT2D eigenvalue weighted by molar-refractivity contribution is -0.167. The summed E-state index contributed by atoms with van der Waals surface area (Å²) in [5.41, 5.74) is 6.71. The van der Waals surface area contributed by atoms with E-state index in [1.54, 1.807) is 30.5 Å². The molecule has 196 valence electrons. The summed E-state index contributed by atoms with van der Waals surface area (Å²) in [7, 11) is 1.66. The summed E-state index contributed by atoms with van der Waals surface area (Å²) in [4.78, 5) is 19.3. The lowest BCUT2D eigenvalue weighted by atomic mass is 9.79. The normalized spacial score (nSPS) is 26.1. The first-order valence-electron chi connectivity index (χ1n) is 12.6. The van der Waals surface area contributed by atoms with Gasteiger partial charge in [0.15, 0.2) is 0 Å². The summed E-state index contributed by atoms with van der Waals surface area (Å²) in [6.07, 6.45) is 4.79. The predicted octanol–water partition coefficient (Wildman–Crippen LogP) is 2.73. The second-order valence-corrected chi connectivity index (χ2v) is 10.2. The number of hydrogen-bond donors (Lipinski definition) is 3. The minimum absolute atomic E-state index is 0.0457. The number of aromatic nitrogens is 1. The lowest BCUT2D eigenvalue weighted by Gasteiger charge is -2.44. The predicted molar refractivity (Wildman–Crippen MR) is 137 cm³/mol. The molecule has 1 aliphatic carbocycles. The minimum atomic E-state index is -1.41. The zero-order valence-corrected chi connectivity index (χ0v) is 21.4.